The molecule has 0 aromatic rings. The zero-order valence-electron chi connectivity index (χ0n) is 17.5. The van der Waals surface area contributed by atoms with E-state index in [-0.39, 0.29) is 17.1 Å². The highest BCUT2D eigenvalue weighted by Crippen LogP contribution is 2.71. The van der Waals surface area contributed by atoms with Crippen LogP contribution in [0.3, 0.4) is 0 Å². The largest absolute Gasteiger partial charge is 0.393 e. The highest BCUT2D eigenvalue weighted by atomic mass is 16.9. The summed E-state index contributed by atoms with van der Waals surface area (Å²) < 4.78 is 24.3. The Balaban J connectivity index is 1.34. The van der Waals surface area contributed by atoms with E-state index in [1.807, 2.05) is 0 Å². The molecule has 2 heterocycles. The fourth-order valence-electron chi connectivity index (χ4n) is 9.22. The van der Waals surface area contributed by atoms with Gasteiger partial charge in [0.2, 0.25) is 5.79 Å². The summed E-state index contributed by atoms with van der Waals surface area (Å²) in [5.74, 6) is 2.27. The van der Waals surface area contributed by atoms with Crippen LogP contribution in [0, 0.1) is 34.5 Å². The number of aliphatic hydroxyl groups is 1. The van der Waals surface area contributed by atoms with Crippen molar-refractivity contribution in [2.75, 3.05) is 20.2 Å². The summed E-state index contributed by atoms with van der Waals surface area (Å²) in [6.45, 7) is 6.18. The average molecular weight is 393 g/mol. The minimum atomic E-state index is -0.695. The Morgan fingerprint density at radius 1 is 0.821 bits per heavy atom. The summed E-state index contributed by atoms with van der Waals surface area (Å²) >= 11 is 0. The van der Waals surface area contributed by atoms with Crippen LogP contribution in [0.2, 0.25) is 0 Å². The third kappa shape index (κ3) is 2.06. The molecule has 5 nitrogen and oxygen atoms in total. The van der Waals surface area contributed by atoms with E-state index in [1.54, 1.807) is 0 Å². The van der Waals surface area contributed by atoms with E-state index < -0.39 is 5.79 Å². The first kappa shape index (κ1) is 18.6. The van der Waals surface area contributed by atoms with Gasteiger partial charge in [0.1, 0.15) is 12.2 Å². The van der Waals surface area contributed by atoms with Gasteiger partial charge in [-0.05, 0) is 86.9 Å². The van der Waals surface area contributed by atoms with Gasteiger partial charge in [0, 0.05) is 5.41 Å². The zero-order chi connectivity index (χ0) is 19.2. The van der Waals surface area contributed by atoms with Gasteiger partial charge in [0.15, 0.2) is 13.6 Å². The lowest BCUT2D eigenvalue weighted by Crippen LogP contribution is -2.64. The number of rotatable bonds is 0. The molecule has 5 heteroatoms. The molecule has 6 rings (SSSR count). The van der Waals surface area contributed by atoms with E-state index in [4.69, 9.17) is 18.9 Å². The van der Waals surface area contributed by atoms with Crippen LogP contribution >= 0.6 is 0 Å². The molecule has 4 saturated carbocycles. The molecule has 2 saturated heterocycles. The molecule has 0 radical (unpaired) electrons. The first-order valence-electron chi connectivity index (χ1n) is 11.6. The molecule has 0 amide bonds. The van der Waals surface area contributed by atoms with E-state index in [1.165, 1.54) is 38.5 Å². The molecule has 9 atom stereocenters. The Bertz CT molecular complexity index is 641. The molecule has 2 unspecified atom stereocenters. The predicted octanol–water partition coefficient (Wildman–Crippen LogP) is 3.83. The number of hydrogen-bond acceptors (Lipinski definition) is 5. The third-order valence-corrected chi connectivity index (χ3v) is 10.6. The van der Waals surface area contributed by atoms with Crippen LogP contribution in [-0.4, -0.2) is 42.8 Å². The molecular formula is C23H36O5. The molecule has 0 bridgehead atoms. The quantitative estimate of drug-likeness (QED) is 0.679. The second kappa shape index (κ2) is 5.94. The maximum Gasteiger partial charge on any atom is 0.226 e. The topological polar surface area (TPSA) is 57.2 Å². The highest BCUT2D eigenvalue weighted by Gasteiger charge is 2.75. The number of aliphatic hydroxyl groups excluding tert-OH is 1. The zero-order valence-corrected chi connectivity index (χ0v) is 17.5. The van der Waals surface area contributed by atoms with Gasteiger partial charge in [-0.1, -0.05) is 13.8 Å². The van der Waals surface area contributed by atoms with Crippen LogP contribution in [0.4, 0.5) is 0 Å². The van der Waals surface area contributed by atoms with Crippen molar-refractivity contribution in [2.45, 2.75) is 89.1 Å². The fraction of sp³-hybridized carbons (Fsp3) is 1.00. The molecule has 6 aliphatic rings. The molecule has 4 aliphatic carbocycles. The number of hydrogen-bond donors (Lipinski definition) is 1. The maximum atomic E-state index is 10.3. The predicted molar refractivity (Wildman–Crippen MR) is 102 cm³/mol. The molecule has 158 valence electrons. The van der Waals surface area contributed by atoms with Gasteiger partial charge >= 0.3 is 0 Å². The van der Waals surface area contributed by atoms with Gasteiger partial charge in [-0.25, -0.2) is 0 Å². The normalized spacial score (nSPS) is 60.8. The van der Waals surface area contributed by atoms with Gasteiger partial charge in [-0.2, -0.15) is 0 Å². The van der Waals surface area contributed by atoms with Crippen molar-refractivity contribution in [3.63, 3.8) is 0 Å². The first-order valence-corrected chi connectivity index (χ1v) is 11.6. The molecule has 1 N–H and O–H groups in total. The van der Waals surface area contributed by atoms with Crippen molar-refractivity contribution >= 4 is 0 Å². The van der Waals surface area contributed by atoms with Crippen molar-refractivity contribution in [1.29, 1.82) is 0 Å². The molecule has 2 aliphatic heterocycles. The van der Waals surface area contributed by atoms with Crippen LogP contribution in [0.25, 0.3) is 0 Å². The second-order valence-electron chi connectivity index (χ2n) is 11.2. The third-order valence-electron chi connectivity index (χ3n) is 10.6. The van der Waals surface area contributed by atoms with Gasteiger partial charge in [0.25, 0.3) is 0 Å². The van der Waals surface area contributed by atoms with Crippen LogP contribution in [0.1, 0.15) is 71.6 Å². The number of ether oxygens (including phenoxy) is 4. The van der Waals surface area contributed by atoms with Gasteiger partial charge in [-0.15, -0.1) is 0 Å². The Morgan fingerprint density at radius 2 is 1.64 bits per heavy atom. The lowest BCUT2D eigenvalue weighted by molar-refractivity contribution is -0.251. The van der Waals surface area contributed by atoms with Crippen molar-refractivity contribution < 1.29 is 24.1 Å². The molecule has 0 aromatic heterocycles. The minimum Gasteiger partial charge on any atom is -0.393 e. The fourth-order valence-corrected chi connectivity index (χ4v) is 9.22. The highest BCUT2D eigenvalue weighted by molar-refractivity contribution is 5.20. The molecule has 28 heavy (non-hydrogen) atoms. The van der Waals surface area contributed by atoms with Crippen LogP contribution in [-0.2, 0) is 18.9 Å². The van der Waals surface area contributed by atoms with Gasteiger partial charge in [-0.3, -0.25) is 0 Å². The first-order chi connectivity index (χ1) is 13.4. The number of fused-ring (bicyclic) bond motifs is 7. The monoisotopic (exact) mass is 392 g/mol. The van der Waals surface area contributed by atoms with E-state index in [9.17, 15) is 5.11 Å². The average Bonchev–Trinajstić information content (AvgIpc) is 3.37. The van der Waals surface area contributed by atoms with E-state index in [0.717, 1.165) is 31.1 Å². The van der Waals surface area contributed by atoms with Crippen molar-refractivity contribution in [1.82, 2.24) is 0 Å². The Hall–Kier alpha value is -0.200. The Morgan fingerprint density at radius 3 is 2.46 bits per heavy atom. The Kier molecular flexibility index (Phi) is 3.94. The van der Waals surface area contributed by atoms with Crippen LogP contribution in [0.15, 0.2) is 0 Å². The summed E-state index contributed by atoms with van der Waals surface area (Å²) in [6.07, 6.45) is 10.5. The summed E-state index contributed by atoms with van der Waals surface area (Å²) in [4.78, 5) is 0. The molecule has 6 fully saturated rings. The van der Waals surface area contributed by atoms with Gasteiger partial charge in [0.05, 0.1) is 6.10 Å². The maximum absolute atomic E-state index is 10.3. The van der Waals surface area contributed by atoms with E-state index >= 15 is 0 Å². The lowest BCUT2D eigenvalue weighted by atomic mass is 9.44. The SMILES string of the molecule is C[C@]12CCC3[C@@H](CC[C@@H]4C[C@H](O)CC[C@]34C)[C@@H]1CC[C@@]21OCOC12COCO2. The minimum absolute atomic E-state index is 0.0679. The summed E-state index contributed by atoms with van der Waals surface area (Å²) in [6, 6.07) is 0. The van der Waals surface area contributed by atoms with Crippen molar-refractivity contribution in [3.05, 3.63) is 0 Å². The van der Waals surface area contributed by atoms with E-state index in [2.05, 4.69) is 13.8 Å². The Labute approximate surface area is 168 Å². The second-order valence-corrected chi connectivity index (χ2v) is 11.2. The lowest BCUT2D eigenvalue weighted by Gasteiger charge is -2.62. The van der Waals surface area contributed by atoms with Gasteiger partial charge < -0.3 is 24.1 Å². The van der Waals surface area contributed by atoms with E-state index in [0.29, 0.717) is 37.4 Å². The molecule has 2 spiro atoms. The summed E-state index contributed by atoms with van der Waals surface area (Å²) in [5, 5.41) is 10.3. The molecule has 0 aromatic carbocycles. The smallest absolute Gasteiger partial charge is 0.226 e. The van der Waals surface area contributed by atoms with Crippen LogP contribution in [0.5, 0.6) is 0 Å². The summed E-state index contributed by atoms with van der Waals surface area (Å²) in [7, 11) is 0. The van der Waals surface area contributed by atoms with Crippen molar-refractivity contribution in [3.8, 4) is 0 Å². The summed E-state index contributed by atoms with van der Waals surface area (Å²) in [5.41, 5.74) is 0.152. The van der Waals surface area contributed by atoms with Crippen molar-refractivity contribution in [2.24, 2.45) is 34.5 Å². The standard InChI is InChI=1S/C23H36O5/c1-20-8-5-16(24)11-15(20)3-4-17-18(20)6-9-21(2)19(17)7-10-22(21)23(28-14-26-22)12-25-13-27-23/h15-19,24H,3-14H2,1-2H3/t15-,16-,17-,18?,19+,20+,21+,22-,23?/m1/s1. The molecular weight excluding hydrogens is 356 g/mol. The van der Waals surface area contributed by atoms with Crippen LogP contribution < -0.4 is 0 Å².